The summed E-state index contributed by atoms with van der Waals surface area (Å²) < 4.78 is 0. The number of anilines is 2. The molecule has 0 aliphatic carbocycles. The summed E-state index contributed by atoms with van der Waals surface area (Å²) in [5, 5.41) is 0. The van der Waals surface area contributed by atoms with Crippen LogP contribution >= 0.6 is 23.2 Å². The Bertz CT molecular complexity index is 885. The number of alkyl halides is 2. The van der Waals surface area contributed by atoms with Crippen LogP contribution in [0.4, 0.5) is 11.4 Å². The summed E-state index contributed by atoms with van der Waals surface area (Å²) in [5.41, 5.74) is 2.93. The van der Waals surface area contributed by atoms with Crippen LogP contribution in [0, 0.1) is 0 Å². The summed E-state index contributed by atoms with van der Waals surface area (Å²) in [6.45, 7) is 0.755. The number of ketones is 2. The first kappa shape index (κ1) is 16.2. The van der Waals surface area contributed by atoms with Crippen LogP contribution in [0.15, 0.2) is 48.5 Å². The van der Waals surface area contributed by atoms with E-state index in [0.717, 1.165) is 11.4 Å². The molecule has 26 heavy (non-hydrogen) atoms. The third kappa shape index (κ3) is 2.09. The molecule has 0 aromatic heterocycles. The molecule has 0 bridgehead atoms. The summed E-state index contributed by atoms with van der Waals surface area (Å²) in [4.78, 5) is 27.6. The molecule has 0 spiro atoms. The molecule has 2 aromatic carbocycles. The summed E-state index contributed by atoms with van der Waals surface area (Å²) >= 11 is 14.0. The van der Waals surface area contributed by atoms with Crippen molar-refractivity contribution in [1.29, 1.82) is 0 Å². The molecule has 5 rings (SSSR count). The fourth-order valence-corrected chi connectivity index (χ4v) is 5.20. The van der Waals surface area contributed by atoms with Crippen molar-refractivity contribution in [2.75, 3.05) is 22.9 Å². The smallest absolute Gasteiger partial charge is 0.168 e. The van der Waals surface area contributed by atoms with E-state index < -0.39 is 10.00 Å². The summed E-state index contributed by atoms with van der Waals surface area (Å²) in [6.07, 6.45) is 0.427. The van der Waals surface area contributed by atoms with Gasteiger partial charge in [0.1, 0.15) is 10.00 Å². The average molecular weight is 387 g/mol. The van der Waals surface area contributed by atoms with Crippen molar-refractivity contribution < 1.29 is 9.59 Å². The number of carbonyl (C=O) groups excluding carboxylic acids is 2. The van der Waals surface area contributed by atoms with Gasteiger partial charge < -0.3 is 9.80 Å². The van der Waals surface area contributed by atoms with Gasteiger partial charge in [-0.15, -0.1) is 0 Å². The molecule has 0 radical (unpaired) electrons. The number of halogens is 2. The zero-order valence-corrected chi connectivity index (χ0v) is 15.4. The lowest BCUT2D eigenvalue weighted by molar-refractivity contribution is 0.0922. The zero-order valence-electron chi connectivity index (χ0n) is 13.9. The van der Waals surface area contributed by atoms with Crippen molar-refractivity contribution >= 4 is 46.1 Å². The van der Waals surface area contributed by atoms with Crippen LogP contribution < -0.4 is 9.80 Å². The zero-order chi connectivity index (χ0) is 18.1. The van der Waals surface area contributed by atoms with Gasteiger partial charge in [0.25, 0.3) is 0 Å². The predicted molar refractivity (Wildman–Crippen MR) is 103 cm³/mol. The van der Waals surface area contributed by atoms with Gasteiger partial charge in [0.05, 0.1) is 25.9 Å². The van der Waals surface area contributed by atoms with Gasteiger partial charge >= 0.3 is 0 Å². The Hall–Kier alpha value is -2.04. The van der Waals surface area contributed by atoms with Gasteiger partial charge in [-0.05, 0) is 24.3 Å². The van der Waals surface area contributed by atoms with Gasteiger partial charge in [-0.1, -0.05) is 47.5 Å². The number of carbonyl (C=O) groups is 2. The van der Waals surface area contributed by atoms with Crippen LogP contribution in [0.2, 0.25) is 0 Å². The first-order valence-corrected chi connectivity index (χ1v) is 9.35. The Kier molecular flexibility index (Phi) is 3.26. The number of piperazine rings is 1. The van der Waals surface area contributed by atoms with E-state index in [2.05, 4.69) is 0 Å². The second-order valence-corrected chi connectivity index (χ2v) is 8.65. The van der Waals surface area contributed by atoms with E-state index >= 15 is 0 Å². The Labute approximate surface area is 161 Å². The van der Waals surface area contributed by atoms with E-state index in [-0.39, 0.29) is 24.4 Å². The molecule has 0 amide bonds. The van der Waals surface area contributed by atoms with E-state index in [0.29, 0.717) is 24.2 Å². The number of fused-ring (bicyclic) bond motifs is 6. The highest BCUT2D eigenvalue weighted by molar-refractivity contribution is 6.32. The van der Waals surface area contributed by atoms with Crippen molar-refractivity contribution in [3.8, 4) is 0 Å². The number of Topliss-reactive ketones (excluding diaryl/α,β-unsaturated/α-hetero) is 2. The highest BCUT2D eigenvalue weighted by Gasteiger charge is 2.56. The first-order chi connectivity index (χ1) is 12.4. The van der Waals surface area contributed by atoms with E-state index in [1.54, 1.807) is 0 Å². The number of rotatable bonds is 0. The van der Waals surface area contributed by atoms with Crippen molar-refractivity contribution in [2.24, 2.45) is 0 Å². The molecule has 3 aliphatic rings. The molecule has 4 nitrogen and oxygen atoms in total. The first-order valence-electron chi connectivity index (χ1n) is 8.59. The minimum atomic E-state index is -0.878. The van der Waals surface area contributed by atoms with Gasteiger partial charge in [-0.2, -0.15) is 0 Å². The van der Waals surface area contributed by atoms with Gasteiger partial charge in [-0.25, -0.2) is 0 Å². The minimum Gasteiger partial charge on any atom is -0.347 e. The van der Waals surface area contributed by atoms with E-state index in [4.69, 9.17) is 23.2 Å². The molecule has 0 N–H and O–H groups in total. The third-order valence-electron chi connectivity index (χ3n) is 5.62. The van der Waals surface area contributed by atoms with Crippen molar-refractivity contribution in [1.82, 2.24) is 0 Å². The van der Waals surface area contributed by atoms with Crippen LogP contribution in [0.1, 0.15) is 33.6 Å². The van der Waals surface area contributed by atoms with Gasteiger partial charge in [0, 0.05) is 22.5 Å². The molecule has 3 aliphatic heterocycles. The molecule has 2 aromatic rings. The highest BCUT2D eigenvalue weighted by Crippen LogP contribution is 2.50. The highest BCUT2D eigenvalue weighted by atomic mass is 35.5. The fraction of sp³-hybridized carbons (Fsp3) is 0.300. The summed E-state index contributed by atoms with van der Waals surface area (Å²) in [5.74, 6) is 0.0746. The Balaban J connectivity index is 1.66. The molecule has 1 fully saturated rings. The molecule has 6 heteroatoms. The van der Waals surface area contributed by atoms with Crippen molar-refractivity contribution in [2.45, 2.75) is 22.8 Å². The Morgan fingerprint density at radius 2 is 1.08 bits per heavy atom. The van der Waals surface area contributed by atoms with E-state index in [9.17, 15) is 9.59 Å². The molecule has 3 heterocycles. The standard InChI is InChI=1S/C20H16Cl2N2O2/c21-19-9-17(25)13-5-1-3-7-15(13)23(19)11-20(22)10-18(26)14-6-2-4-8-16(14)24(20)12-19/h1-8H,9-12H2/t19-,20-/m0/s1. The number of nitrogens with zero attached hydrogens (tertiary/aromatic N) is 2. The lowest BCUT2D eigenvalue weighted by atomic mass is 9.85. The second kappa shape index (κ2) is 5.24. The SMILES string of the molecule is O=C1C[C@@]2(Cl)CN3c4ccccc4C(=O)C[C@@]3(Cl)CN2c2ccccc21. The van der Waals surface area contributed by atoms with Crippen molar-refractivity contribution in [3.63, 3.8) is 0 Å². The molecule has 132 valence electrons. The number of hydrogen-bond donors (Lipinski definition) is 0. The molecule has 0 saturated carbocycles. The number of hydrogen-bond acceptors (Lipinski definition) is 4. The van der Waals surface area contributed by atoms with Crippen LogP contribution in [-0.4, -0.2) is 34.7 Å². The Morgan fingerprint density at radius 1 is 0.692 bits per heavy atom. The largest absolute Gasteiger partial charge is 0.347 e. The summed E-state index contributed by atoms with van der Waals surface area (Å²) in [6, 6.07) is 14.9. The minimum absolute atomic E-state index is 0.0373. The molecule has 0 unspecified atom stereocenters. The predicted octanol–water partition coefficient (Wildman–Crippen LogP) is 4.06. The van der Waals surface area contributed by atoms with Crippen LogP contribution in [0.25, 0.3) is 0 Å². The van der Waals surface area contributed by atoms with Crippen molar-refractivity contribution in [3.05, 3.63) is 59.7 Å². The molecule has 2 atom stereocenters. The van der Waals surface area contributed by atoms with Crippen LogP contribution in [-0.2, 0) is 0 Å². The monoisotopic (exact) mass is 386 g/mol. The Morgan fingerprint density at radius 3 is 1.50 bits per heavy atom. The summed E-state index contributed by atoms with van der Waals surface area (Å²) in [7, 11) is 0. The number of para-hydroxylation sites is 2. The number of benzene rings is 2. The van der Waals surface area contributed by atoms with E-state index in [1.165, 1.54) is 0 Å². The maximum Gasteiger partial charge on any atom is 0.168 e. The third-order valence-corrected chi connectivity index (χ3v) is 6.54. The maximum absolute atomic E-state index is 12.7. The fourth-order valence-electron chi connectivity index (χ4n) is 4.42. The molecular formula is C20H16Cl2N2O2. The molecular weight excluding hydrogens is 371 g/mol. The van der Waals surface area contributed by atoms with Crippen LogP contribution in [0.5, 0.6) is 0 Å². The topological polar surface area (TPSA) is 40.6 Å². The average Bonchev–Trinajstić information content (AvgIpc) is 2.62. The molecule has 1 saturated heterocycles. The lowest BCUT2D eigenvalue weighted by Gasteiger charge is -2.59. The second-order valence-electron chi connectivity index (χ2n) is 7.24. The van der Waals surface area contributed by atoms with Gasteiger partial charge in [0.15, 0.2) is 11.6 Å². The quantitative estimate of drug-likeness (QED) is 0.505. The van der Waals surface area contributed by atoms with Gasteiger partial charge in [0.2, 0.25) is 0 Å². The maximum atomic E-state index is 12.7. The van der Waals surface area contributed by atoms with Gasteiger partial charge in [-0.3, -0.25) is 9.59 Å². The lowest BCUT2D eigenvalue weighted by Crippen LogP contribution is -2.71. The van der Waals surface area contributed by atoms with Crippen LogP contribution in [0.3, 0.4) is 0 Å². The van der Waals surface area contributed by atoms with E-state index in [1.807, 2.05) is 58.3 Å². The normalized spacial score (nSPS) is 29.6.